The van der Waals surface area contributed by atoms with Crippen molar-refractivity contribution in [2.24, 2.45) is 0 Å². The molecule has 0 aliphatic heterocycles. The molecular formula is C16H14O3. The molecule has 0 aromatic heterocycles. The average Bonchev–Trinajstić information content (AvgIpc) is 2.46. The molecule has 0 bridgehead atoms. The third-order valence-corrected chi connectivity index (χ3v) is 2.86. The van der Waals surface area contributed by atoms with Crippen LogP contribution < -0.4 is 4.74 Å². The minimum atomic E-state index is -0.475. The number of carbonyl (C=O) groups excluding carboxylic acids is 2. The molecule has 0 spiro atoms. The van der Waals surface area contributed by atoms with Crippen LogP contribution in [-0.4, -0.2) is 18.7 Å². The van der Waals surface area contributed by atoms with Gasteiger partial charge in [0.15, 0.2) is 5.78 Å². The topological polar surface area (TPSA) is 43.4 Å². The summed E-state index contributed by atoms with van der Waals surface area (Å²) in [5.74, 6) is -0.205. The van der Waals surface area contributed by atoms with E-state index in [2.05, 4.69) is 0 Å². The van der Waals surface area contributed by atoms with Crippen molar-refractivity contribution in [1.29, 1.82) is 0 Å². The lowest BCUT2D eigenvalue weighted by Gasteiger charge is -2.09. The Balaban J connectivity index is 2.49. The van der Waals surface area contributed by atoms with E-state index < -0.39 is 11.6 Å². The Morgan fingerprint density at radius 2 is 1.74 bits per heavy atom. The minimum absolute atomic E-state index is 0.399. The molecule has 2 aromatic rings. The summed E-state index contributed by atoms with van der Waals surface area (Å²) in [6.45, 7) is 1.28. The first kappa shape index (κ1) is 13.0. The number of benzene rings is 2. The minimum Gasteiger partial charge on any atom is -0.496 e. The highest BCUT2D eigenvalue weighted by molar-refractivity contribution is 6.43. The van der Waals surface area contributed by atoms with Crippen molar-refractivity contribution < 1.29 is 14.3 Å². The molecule has 19 heavy (non-hydrogen) atoms. The zero-order valence-electron chi connectivity index (χ0n) is 10.8. The molecule has 0 aliphatic carbocycles. The highest BCUT2D eigenvalue weighted by Crippen LogP contribution is 2.29. The van der Waals surface area contributed by atoms with Gasteiger partial charge in [-0.15, -0.1) is 0 Å². The lowest BCUT2D eigenvalue weighted by atomic mass is 9.99. The molecule has 0 radical (unpaired) electrons. The van der Waals surface area contributed by atoms with E-state index in [0.29, 0.717) is 5.56 Å². The van der Waals surface area contributed by atoms with Crippen LogP contribution in [0.15, 0.2) is 48.5 Å². The van der Waals surface area contributed by atoms with Gasteiger partial charge in [-0.3, -0.25) is 9.59 Å². The van der Waals surface area contributed by atoms with Crippen molar-refractivity contribution in [2.75, 3.05) is 7.11 Å². The second-order valence-electron chi connectivity index (χ2n) is 4.17. The molecule has 0 fully saturated rings. The summed E-state index contributed by atoms with van der Waals surface area (Å²) < 4.78 is 5.30. The third kappa shape index (κ3) is 2.71. The fourth-order valence-electron chi connectivity index (χ4n) is 1.91. The van der Waals surface area contributed by atoms with Crippen LogP contribution in [0.2, 0.25) is 0 Å². The second-order valence-corrected chi connectivity index (χ2v) is 4.17. The Hall–Kier alpha value is -2.42. The van der Waals surface area contributed by atoms with Crippen LogP contribution in [0.1, 0.15) is 17.3 Å². The fraction of sp³-hybridized carbons (Fsp3) is 0.125. The van der Waals surface area contributed by atoms with Crippen LogP contribution in [0.25, 0.3) is 11.1 Å². The van der Waals surface area contributed by atoms with E-state index in [1.807, 2.05) is 30.3 Å². The summed E-state index contributed by atoms with van der Waals surface area (Å²) in [4.78, 5) is 22.8. The summed E-state index contributed by atoms with van der Waals surface area (Å²) in [6, 6.07) is 14.5. The number of rotatable bonds is 4. The molecule has 3 nitrogen and oxygen atoms in total. The van der Waals surface area contributed by atoms with Gasteiger partial charge in [0, 0.05) is 18.1 Å². The van der Waals surface area contributed by atoms with Crippen LogP contribution in [0.5, 0.6) is 5.75 Å². The van der Waals surface area contributed by atoms with Crippen LogP contribution in [0.4, 0.5) is 0 Å². The highest BCUT2D eigenvalue weighted by atomic mass is 16.5. The van der Waals surface area contributed by atoms with Crippen molar-refractivity contribution >= 4 is 11.6 Å². The highest BCUT2D eigenvalue weighted by Gasteiger charge is 2.12. The lowest BCUT2D eigenvalue weighted by Crippen LogP contribution is -2.09. The number of hydrogen-bond donors (Lipinski definition) is 0. The molecule has 2 rings (SSSR count). The van der Waals surface area contributed by atoms with Crippen LogP contribution in [0, 0.1) is 0 Å². The Morgan fingerprint density at radius 3 is 2.42 bits per heavy atom. The average molecular weight is 254 g/mol. The molecular weight excluding hydrogens is 240 g/mol. The van der Waals surface area contributed by atoms with E-state index in [9.17, 15) is 9.59 Å². The van der Waals surface area contributed by atoms with Gasteiger partial charge < -0.3 is 4.74 Å². The summed E-state index contributed by atoms with van der Waals surface area (Å²) in [7, 11) is 1.60. The smallest absolute Gasteiger partial charge is 0.228 e. The number of ketones is 2. The summed E-state index contributed by atoms with van der Waals surface area (Å²) in [6.07, 6.45) is 0. The van der Waals surface area contributed by atoms with E-state index in [4.69, 9.17) is 4.74 Å². The third-order valence-electron chi connectivity index (χ3n) is 2.86. The summed E-state index contributed by atoms with van der Waals surface area (Å²) >= 11 is 0. The van der Waals surface area contributed by atoms with E-state index >= 15 is 0 Å². The Labute approximate surface area is 111 Å². The maximum absolute atomic E-state index is 11.7. The number of methoxy groups -OCH3 is 1. The summed E-state index contributed by atoms with van der Waals surface area (Å²) in [5, 5.41) is 0. The molecule has 0 N–H and O–H groups in total. The molecule has 3 heteroatoms. The molecule has 0 heterocycles. The van der Waals surface area contributed by atoms with Gasteiger partial charge in [-0.2, -0.15) is 0 Å². The van der Waals surface area contributed by atoms with E-state index in [-0.39, 0.29) is 0 Å². The lowest BCUT2D eigenvalue weighted by molar-refractivity contribution is -0.113. The predicted molar refractivity (Wildman–Crippen MR) is 73.4 cm³/mol. The molecule has 0 saturated heterocycles. The van der Waals surface area contributed by atoms with Crippen molar-refractivity contribution in [2.45, 2.75) is 6.92 Å². The number of Topliss-reactive ketones (excluding diaryl/α,β-unsaturated/α-hetero) is 2. The maximum Gasteiger partial charge on any atom is 0.228 e. The van der Waals surface area contributed by atoms with Crippen LogP contribution in [0.3, 0.4) is 0 Å². The monoisotopic (exact) mass is 254 g/mol. The quantitative estimate of drug-likeness (QED) is 0.622. The second kappa shape index (κ2) is 5.48. The Kier molecular flexibility index (Phi) is 3.76. The molecule has 96 valence electrons. The van der Waals surface area contributed by atoms with Crippen LogP contribution in [-0.2, 0) is 4.79 Å². The van der Waals surface area contributed by atoms with E-state index in [1.165, 1.54) is 6.92 Å². The maximum atomic E-state index is 11.7. The zero-order chi connectivity index (χ0) is 13.8. The predicted octanol–water partition coefficient (Wildman–Crippen LogP) is 3.13. The molecule has 0 atom stereocenters. The van der Waals surface area contributed by atoms with Crippen molar-refractivity contribution in [3.63, 3.8) is 0 Å². The van der Waals surface area contributed by atoms with Crippen molar-refractivity contribution in [3.05, 3.63) is 54.1 Å². The molecule has 0 saturated carbocycles. The molecule has 0 aliphatic rings. The SMILES string of the molecule is COc1ccccc1-c1cccc(C(=O)C(C)=O)c1. The largest absolute Gasteiger partial charge is 0.496 e. The van der Waals surface area contributed by atoms with Gasteiger partial charge in [-0.25, -0.2) is 0 Å². The Bertz CT molecular complexity index is 629. The standard InChI is InChI=1S/C16H14O3/c1-11(17)16(18)13-7-5-6-12(10-13)14-8-3-4-9-15(14)19-2/h3-10H,1-2H3. The van der Waals surface area contributed by atoms with Crippen LogP contribution >= 0.6 is 0 Å². The van der Waals surface area contributed by atoms with E-state index in [1.54, 1.807) is 25.3 Å². The van der Waals surface area contributed by atoms with Gasteiger partial charge >= 0.3 is 0 Å². The number of hydrogen-bond acceptors (Lipinski definition) is 3. The number of para-hydroxylation sites is 1. The van der Waals surface area contributed by atoms with Gasteiger partial charge in [0.2, 0.25) is 5.78 Å². The number of carbonyl (C=O) groups is 2. The van der Waals surface area contributed by atoms with Gasteiger partial charge in [0.05, 0.1) is 7.11 Å². The van der Waals surface area contributed by atoms with E-state index in [0.717, 1.165) is 16.9 Å². The zero-order valence-corrected chi connectivity index (χ0v) is 10.8. The van der Waals surface area contributed by atoms with Gasteiger partial charge in [-0.05, 0) is 17.7 Å². The van der Waals surface area contributed by atoms with Gasteiger partial charge in [0.25, 0.3) is 0 Å². The van der Waals surface area contributed by atoms with Crippen molar-refractivity contribution in [3.8, 4) is 16.9 Å². The molecule has 0 unspecified atom stereocenters. The normalized spacial score (nSPS) is 10.0. The first-order valence-corrected chi connectivity index (χ1v) is 5.92. The first-order chi connectivity index (χ1) is 9.13. The fourth-order valence-corrected chi connectivity index (χ4v) is 1.91. The number of ether oxygens (including phenoxy) is 1. The van der Waals surface area contributed by atoms with Gasteiger partial charge in [-0.1, -0.05) is 36.4 Å². The molecule has 2 aromatic carbocycles. The Morgan fingerprint density at radius 1 is 1.00 bits per heavy atom. The molecule has 0 amide bonds. The summed E-state index contributed by atoms with van der Waals surface area (Å²) in [5.41, 5.74) is 2.14. The first-order valence-electron chi connectivity index (χ1n) is 5.92. The van der Waals surface area contributed by atoms with Gasteiger partial charge in [0.1, 0.15) is 5.75 Å². The van der Waals surface area contributed by atoms with Crippen molar-refractivity contribution in [1.82, 2.24) is 0 Å².